The van der Waals surface area contributed by atoms with E-state index in [1.807, 2.05) is 45.3 Å². The molecule has 2 aliphatic heterocycles. The SMILES string of the molecule is c1ccc2c(c1)Oc1ccccc1C21c2cc(-c3ccc4sc5ccccc5c4c3)sc2C2(c3ccccc3Oc3ccccc32)c2cc(-c3ccc4sc5ccccc5c4c3)sc21. The average molecular weight is 889 g/mol. The van der Waals surface area contributed by atoms with E-state index < -0.39 is 10.8 Å². The second kappa shape index (κ2) is 12.9. The maximum absolute atomic E-state index is 6.92. The number of thiophene rings is 4. The van der Waals surface area contributed by atoms with E-state index in [4.69, 9.17) is 9.47 Å². The van der Waals surface area contributed by atoms with Crippen LogP contribution in [0.15, 0.2) is 194 Å². The van der Waals surface area contributed by atoms with E-state index in [1.54, 1.807) is 0 Å². The van der Waals surface area contributed by atoms with Crippen LogP contribution in [-0.4, -0.2) is 0 Å². The summed E-state index contributed by atoms with van der Waals surface area (Å²) in [5.41, 5.74) is 8.29. The van der Waals surface area contributed by atoms with E-state index >= 15 is 0 Å². The highest BCUT2D eigenvalue weighted by molar-refractivity contribution is 7.26. The van der Waals surface area contributed by atoms with Crippen LogP contribution in [0.3, 0.4) is 0 Å². The van der Waals surface area contributed by atoms with Gasteiger partial charge in [-0.25, -0.2) is 0 Å². The van der Waals surface area contributed by atoms with Crippen LogP contribution < -0.4 is 9.47 Å². The van der Waals surface area contributed by atoms with Gasteiger partial charge in [-0.1, -0.05) is 121 Å². The van der Waals surface area contributed by atoms with Crippen molar-refractivity contribution >= 4 is 85.7 Å². The van der Waals surface area contributed by atoms with E-state index in [2.05, 4.69) is 194 Å². The molecule has 0 atom stereocenters. The summed E-state index contributed by atoms with van der Waals surface area (Å²) in [4.78, 5) is 5.11. The number of fused-ring (bicyclic) bond motifs is 20. The molecule has 2 spiro atoms. The van der Waals surface area contributed by atoms with Gasteiger partial charge in [-0.2, -0.15) is 0 Å². The Balaban J connectivity index is 1.11. The van der Waals surface area contributed by atoms with Gasteiger partial charge >= 0.3 is 0 Å². The summed E-state index contributed by atoms with van der Waals surface area (Å²) in [6.45, 7) is 0. The van der Waals surface area contributed by atoms with Crippen molar-refractivity contribution < 1.29 is 9.47 Å². The molecule has 0 fully saturated rings. The molecule has 0 amide bonds. The molecule has 8 aromatic carbocycles. The fourth-order valence-electron chi connectivity index (χ4n) is 11.2. The lowest BCUT2D eigenvalue weighted by Crippen LogP contribution is -2.45. The first-order valence-corrected chi connectivity index (χ1v) is 24.8. The third-order valence-corrected chi connectivity index (χ3v) is 18.8. The number of hydrogen-bond donors (Lipinski definition) is 0. The molecular formula is C58H32O2S4. The van der Waals surface area contributed by atoms with Crippen LogP contribution in [0.2, 0.25) is 0 Å². The molecule has 4 aromatic heterocycles. The zero-order valence-electron chi connectivity index (χ0n) is 33.9. The highest BCUT2D eigenvalue weighted by Gasteiger charge is 2.61. The molecule has 6 heterocycles. The molecule has 64 heavy (non-hydrogen) atoms. The molecule has 12 aromatic rings. The van der Waals surface area contributed by atoms with Gasteiger partial charge in [0.1, 0.15) is 23.0 Å². The molecule has 300 valence electrons. The monoisotopic (exact) mass is 888 g/mol. The Labute approximate surface area is 384 Å². The summed E-state index contributed by atoms with van der Waals surface area (Å²) in [7, 11) is 0. The Morgan fingerprint density at radius 3 is 1.03 bits per heavy atom. The number of hydrogen-bond acceptors (Lipinski definition) is 6. The quantitative estimate of drug-likeness (QED) is 0.172. The van der Waals surface area contributed by atoms with Crippen LogP contribution in [0.4, 0.5) is 0 Å². The van der Waals surface area contributed by atoms with Crippen LogP contribution in [0.1, 0.15) is 43.1 Å². The topological polar surface area (TPSA) is 18.5 Å². The molecule has 15 rings (SSSR count). The molecule has 0 bridgehead atoms. The standard InChI is InChI=1S/C58H32O2S4/c1-11-23-49-35(13-1)37-29-33(25-27-51(37)61-49)53-31-43-55(63-53)58(41-17-5-9-21-47(41)60-48-22-10-6-18-42(48)58)44-32-54(34-26-28-52-38(30-34)36-14-2-12-24-50(36)62-52)64-56(44)57(43)39-15-3-7-19-45(39)59-46-20-8-4-16-40(46)57/h1-32H. The van der Waals surface area contributed by atoms with Crippen LogP contribution in [0.25, 0.3) is 61.2 Å². The van der Waals surface area contributed by atoms with Gasteiger partial charge in [-0.15, -0.1) is 45.3 Å². The molecule has 0 N–H and O–H groups in total. The maximum Gasteiger partial charge on any atom is 0.132 e. The molecule has 0 radical (unpaired) electrons. The summed E-state index contributed by atoms with van der Waals surface area (Å²) in [6, 6.07) is 72.0. The van der Waals surface area contributed by atoms with Crippen molar-refractivity contribution in [1.29, 1.82) is 0 Å². The summed E-state index contributed by atoms with van der Waals surface area (Å²) in [5.74, 6) is 3.56. The molecule has 1 aliphatic carbocycles. The van der Waals surface area contributed by atoms with Crippen molar-refractivity contribution in [2.45, 2.75) is 10.8 Å². The molecule has 0 saturated carbocycles. The number of ether oxygens (including phenoxy) is 2. The fourth-order valence-corrected chi connectivity index (χ4v) is 16.3. The molecule has 0 saturated heterocycles. The van der Waals surface area contributed by atoms with E-state index in [-0.39, 0.29) is 0 Å². The zero-order chi connectivity index (χ0) is 41.7. The second-order valence-corrected chi connectivity index (χ2v) is 21.3. The second-order valence-electron chi connectivity index (χ2n) is 17.0. The summed E-state index contributed by atoms with van der Waals surface area (Å²) in [5, 5.41) is 5.22. The number of rotatable bonds is 2. The summed E-state index contributed by atoms with van der Waals surface area (Å²) in [6.07, 6.45) is 0. The fraction of sp³-hybridized carbons (Fsp3) is 0.0345. The Bertz CT molecular complexity index is 3560. The maximum atomic E-state index is 6.92. The van der Waals surface area contributed by atoms with Crippen LogP contribution >= 0.6 is 45.3 Å². The van der Waals surface area contributed by atoms with E-state index in [1.165, 1.54) is 82.1 Å². The molecule has 6 heteroatoms. The molecular weight excluding hydrogens is 857 g/mol. The normalized spacial score (nSPS) is 14.8. The van der Waals surface area contributed by atoms with Crippen molar-refractivity contribution in [3.8, 4) is 43.9 Å². The molecule has 2 nitrogen and oxygen atoms in total. The highest BCUT2D eigenvalue weighted by atomic mass is 32.1. The first-order valence-electron chi connectivity index (χ1n) is 21.5. The minimum Gasteiger partial charge on any atom is -0.457 e. The van der Waals surface area contributed by atoms with Gasteiger partial charge in [0.05, 0.1) is 10.8 Å². The van der Waals surface area contributed by atoms with Crippen LogP contribution in [0.5, 0.6) is 23.0 Å². The van der Waals surface area contributed by atoms with Crippen molar-refractivity contribution in [2.24, 2.45) is 0 Å². The van der Waals surface area contributed by atoms with Gasteiger partial charge in [-0.05, 0) is 95.1 Å². The van der Waals surface area contributed by atoms with E-state index in [0.717, 1.165) is 45.3 Å². The minimum absolute atomic E-state index is 0.695. The molecule has 0 unspecified atom stereocenters. The summed E-state index contributed by atoms with van der Waals surface area (Å²) < 4.78 is 19.1. The Kier molecular flexibility index (Phi) is 7.19. The van der Waals surface area contributed by atoms with Gasteiger partial charge in [0.2, 0.25) is 0 Å². The van der Waals surface area contributed by atoms with Gasteiger partial charge in [0, 0.05) is 82.1 Å². The Hall–Kier alpha value is -6.80. The average Bonchev–Trinajstić information content (AvgIpc) is 4.16. The lowest BCUT2D eigenvalue weighted by molar-refractivity contribution is 0.418. The van der Waals surface area contributed by atoms with Crippen molar-refractivity contribution in [3.05, 3.63) is 237 Å². The lowest BCUT2D eigenvalue weighted by Gasteiger charge is -2.50. The third kappa shape index (κ3) is 4.53. The predicted octanol–water partition coefficient (Wildman–Crippen LogP) is 17.2. The van der Waals surface area contributed by atoms with Crippen LogP contribution in [0, 0.1) is 0 Å². The van der Waals surface area contributed by atoms with Crippen molar-refractivity contribution in [2.75, 3.05) is 0 Å². The minimum atomic E-state index is -0.695. The number of para-hydroxylation sites is 4. The van der Waals surface area contributed by atoms with Crippen molar-refractivity contribution in [1.82, 2.24) is 0 Å². The largest absolute Gasteiger partial charge is 0.457 e. The summed E-state index contributed by atoms with van der Waals surface area (Å²) >= 11 is 7.62. The molecule has 3 aliphatic rings. The first kappa shape index (κ1) is 35.6. The van der Waals surface area contributed by atoms with Gasteiger partial charge in [-0.3, -0.25) is 0 Å². The number of benzene rings is 8. The zero-order valence-corrected chi connectivity index (χ0v) is 37.2. The predicted molar refractivity (Wildman–Crippen MR) is 269 cm³/mol. The van der Waals surface area contributed by atoms with E-state index in [0.29, 0.717) is 0 Å². The Morgan fingerprint density at radius 2 is 0.625 bits per heavy atom. The van der Waals surface area contributed by atoms with Gasteiger partial charge < -0.3 is 9.47 Å². The third-order valence-electron chi connectivity index (χ3n) is 13.9. The smallest absolute Gasteiger partial charge is 0.132 e. The first-order chi connectivity index (χ1) is 31.7. The van der Waals surface area contributed by atoms with Crippen molar-refractivity contribution in [3.63, 3.8) is 0 Å². The van der Waals surface area contributed by atoms with E-state index in [9.17, 15) is 0 Å². The highest BCUT2D eigenvalue weighted by Crippen LogP contribution is 2.70. The lowest BCUT2D eigenvalue weighted by atomic mass is 9.54. The van der Waals surface area contributed by atoms with Gasteiger partial charge in [0.25, 0.3) is 0 Å². The van der Waals surface area contributed by atoms with Gasteiger partial charge in [0.15, 0.2) is 0 Å². The Morgan fingerprint density at radius 1 is 0.281 bits per heavy atom. The van der Waals surface area contributed by atoms with Crippen LogP contribution in [-0.2, 0) is 10.8 Å².